The van der Waals surface area contributed by atoms with E-state index in [1.165, 1.54) is 0 Å². The van der Waals surface area contributed by atoms with E-state index in [9.17, 15) is 0 Å². The topological polar surface area (TPSA) is 29.0 Å². The Morgan fingerprint density at radius 2 is 2.00 bits per heavy atom. The molecule has 0 spiro atoms. The van der Waals surface area contributed by atoms with Gasteiger partial charge in [0.25, 0.3) is 0 Å². The van der Waals surface area contributed by atoms with E-state index < -0.39 is 0 Å². The first-order valence-corrected chi connectivity index (χ1v) is 7.36. The van der Waals surface area contributed by atoms with Gasteiger partial charge in [0.1, 0.15) is 0 Å². The SMILES string of the molecule is CCN(Cc1cccc(C)n1)c1cc(C)ncc1CCl. The van der Waals surface area contributed by atoms with Gasteiger partial charge in [0.2, 0.25) is 0 Å². The zero-order valence-electron chi connectivity index (χ0n) is 12.2. The Balaban J connectivity index is 2.30. The molecule has 0 aliphatic rings. The summed E-state index contributed by atoms with van der Waals surface area (Å²) in [5.74, 6) is 0.473. The lowest BCUT2D eigenvalue weighted by molar-refractivity contribution is 0.799. The fourth-order valence-corrected chi connectivity index (χ4v) is 2.43. The van der Waals surface area contributed by atoms with Crippen LogP contribution in [-0.2, 0) is 12.4 Å². The highest BCUT2D eigenvalue weighted by atomic mass is 35.5. The van der Waals surface area contributed by atoms with Gasteiger partial charge < -0.3 is 4.90 Å². The Labute approximate surface area is 125 Å². The minimum atomic E-state index is 0.473. The monoisotopic (exact) mass is 289 g/mol. The van der Waals surface area contributed by atoms with E-state index >= 15 is 0 Å². The van der Waals surface area contributed by atoms with Crippen LogP contribution in [0.5, 0.6) is 0 Å². The maximum Gasteiger partial charge on any atom is 0.0602 e. The van der Waals surface area contributed by atoms with Crippen LogP contribution in [0.25, 0.3) is 0 Å². The van der Waals surface area contributed by atoms with E-state index in [4.69, 9.17) is 11.6 Å². The maximum atomic E-state index is 6.03. The third kappa shape index (κ3) is 3.48. The molecule has 0 amide bonds. The van der Waals surface area contributed by atoms with Gasteiger partial charge in [-0.15, -0.1) is 11.6 Å². The van der Waals surface area contributed by atoms with E-state index in [0.29, 0.717) is 5.88 Å². The van der Waals surface area contributed by atoms with Crippen molar-refractivity contribution in [1.82, 2.24) is 9.97 Å². The Morgan fingerprint density at radius 3 is 2.65 bits per heavy atom. The van der Waals surface area contributed by atoms with Crippen molar-refractivity contribution in [3.63, 3.8) is 0 Å². The van der Waals surface area contributed by atoms with Crippen molar-refractivity contribution in [1.29, 1.82) is 0 Å². The summed E-state index contributed by atoms with van der Waals surface area (Å²) in [5.41, 5.74) is 5.33. The first-order chi connectivity index (χ1) is 9.63. The van der Waals surface area contributed by atoms with Crippen LogP contribution in [0.4, 0.5) is 5.69 Å². The Kier molecular flexibility index (Phi) is 4.96. The molecule has 0 unspecified atom stereocenters. The van der Waals surface area contributed by atoms with Crippen molar-refractivity contribution >= 4 is 17.3 Å². The third-order valence-electron chi connectivity index (χ3n) is 3.26. The van der Waals surface area contributed by atoms with Gasteiger partial charge in [0.15, 0.2) is 0 Å². The van der Waals surface area contributed by atoms with E-state index in [-0.39, 0.29) is 0 Å². The molecule has 0 N–H and O–H groups in total. The van der Waals surface area contributed by atoms with Crippen LogP contribution in [0.1, 0.15) is 29.6 Å². The molecule has 0 aromatic carbocycles. The summed E-state index contributed by atoms with van der Waals surface area (Å²) in [6.07, 6.45) is 1.87. The number of rotatable bonds is 5. The number of anilines is 1. The van der Waals surface area contributed by atoms with Crippen molar-refractivity contribution in [3.05, 3.63) is 53.1 Å². The molecular formula is C16H20ClN3. The number of alkyl halides is 1. The first-order valence-electron chi connectivity index (χ1n) is 6.83. The number of hydrogen-bond acceptors (Lipinski definition) is 3. The van der Waals surface area contributed by atoms with Crippen molar-refractivity contribution in [2.24, 2.45) is 0 Å². The molecule has 0 saturated heterocycles. The Bertz CT molecular complexity index is 584. The van der Waals surface area contributed by atoms with Crippen molar-refractivity contribution in [2.45, 2.75) is 33.2 Å². The lowest BCUT2D eigenvalue weighted by Crippen LogP contribution is -2.24. The van der Waals surface area contributed by atoms with Gasteiger partial charge in [0, 0.05) is 35.4 Å². The molecule has 0 radical (unpaired) electrons. The lowest BCUT2D eigenvalue weighted by atomic mass is 10.2. The highest BCUT2D eigenvalue weighted by Crippen LogP contribution is 2.24. The van der Waals surface area contributed by atoms with E-state index in [0.717, 1.165) is 41.4 Å². The number of aromatic nitrogens is 2. The number of halogens is 1. The zero-order chi connectivity index (χ0) is 14.5. The average molecular weight is 290 g/mol. The van der Waals surface area contributed by atoms with Gasteiger partial charge in [-0.1, -0.05) is 6.07 Å². The quantitative estimate of drug-likeness (QED) is 0.783. The Morgan fingerprint density at radius 1 is 1.20 bits per heavy atom. The molecule has 4 heteroatoms. The molecule has 20 heavy (non-hydrogen) atoms. The molecule has 3 nitrogen and oxygen atoms in total. The minimum absolute atomic E-state index is 0.473. The predicted octanol–water partition coefficient (Wildman–Crippen LogP) is 3.86. The predicted molar refractivity (Wildman–Crippen MR) is 84.2 cm³/mol. The number of aryl methyl sites for hydroxylation is 2. The molecule has 106 valence electrons. The lowest BCUT2D eigenvalue weighted by Gasteiger charge is -2.25. The molecule has 2 rings (SSSR count). The second kappa shape index (κ2) is 6.71. The van der Waals surface area contributed by atoms with Crippen molar-refractivity contribution in [3.8, 4) is 0 Å². The number of hydrogen-bond donors (Lipinski definition) is 0. The van der Waals surface area contributed by atoms with Crippen molar-refractivity contribution < 1.29 is 0 Å². The molecule has 2 heterocycles. The fourth-order valence-electron chi connectivity index (χ4n) is 2.22. The molecule has 0 saturated carbocycles. The second-order valence-corrected chi connectivity index (χ2v) is 5.14. The highest BCUT2D eigenvalue weighted by molar-refractivity contribution is 6.17. The summed E-state index contributed by atoms with van der Waals surface area (Å²) in [7, 11) is 0. The van der Waals surface area contributed by atoms with E-state index in [2.05, 4.69) is 33.9 Å². The fraction of sp³-hybridized carbons (Fsp3) is 0.375. The molecule has 0 fully saturated rings. The van der Waals surface area contributed by atoms with Gasteiger partial charge in [-0.05, 0) is 39.0 Å². The molecule has 0 aliphatic carbocycles. The summed E-state index contributed by atoms with van der Waals surface area (Å²) < 4.78 is 0. The number of nitrogens with zero attached hydrogens (tertiary/aromatic N) is 3. The van der Waals surface area contributed by atoms with Crippen LogP contribution in [0.2, 0.25) is 0 Å². The molecule has 2 aromatic rings. The average Bonchev–Trinajstić information content (AvgIpc) is 2.45. The molecule has 0 bridgehead atoms. The molecule has 2 aromatic heterocycles. The van der Waals surface area contributed by atoms with Crippen LogP contribution >= 0.6 is 11.6 Å². The molecule has 0 aliphatic heterocycles. The van der Waals surface area contributed by atoms with Crippen LogP contribution in [0.15, 0.2) is 30.5 Å². The van der Waals surface area contributed by atoms with Crippen LogP contribution < -0.4 is 4.90 Å². The highest BCUT2D eigenvalue weighted by Gasteiger charge is 2.11. The van der Waals surface area contributed by atoms with Gasteiger partial charge in [0.05, 0.1) is 18.1 Å². The van der Waals surface area contributed by atoms with Gasteiger partial charge in [-0.25, -0.2) is 0 Å². The second-order valence-electron chi connectivity index (χ2n) is 4.87. The summed E-state index contributed by atoms with van der Waals surface area (Å²) in [4.78, 5) is 11.2. The van der Waals surface area contributed by atoms with Gasteiger partial charge in [-0.3, -0.25) is 9.97 Å². The summed E-state index contributed by atoms with van der Waals surface area (Å²) in [6.45, 7) is 7.85. The van der Waals surface area contributed by atoms with Crippen LogP contribution in [-0.4, -0.2) is 16.5 Å². The summed E-state index contributed by atoms with van der Waals surface area (Å²) in [6, 6.07) is 8.22. The minimum Gasteiger partial charge on any atom is -0.366 e. The van der Waals surface area contributed by atoms with Crippen LogP contribution in [0.3, 0.4) is 0 Å². The largest absolute Gasteiger partial charge is 0.366 e. The zero-order valence-corrected chi connectivity index (χ0v) is 13.0. The maximum absolute atomic E-state index is 6.03. The summed E-state index contributed by atoms with van der Waals surface area (Å²) in [5, 5.41) is 0. The standard InChI is InChI=1S/C16H20ClN3/c1-4-20(11-15-7-5-6-12(2)19-15)16-8-13(3)18-10-14(16)9-17/h5-8,10H,4,9,11H2,1-3H3. The normalized spacial score (nSPS) is 10.6. The van der Waals surface area contributed by atoms with E-state index in [1.54, 1.807) is 0 Å². The van der Waals surface area contributed by atoms with Gasteiger partial charge in [-0.2, -0.15) is 0 Å². The van der Waals surface area contributed by atoms with Crippen LogP contribution in [0, 0.1) is 13.8 Å². The molecule has 0 atom stereocenters. The summed E-state index contributed by atoms with van der Waals surface area (Å²) >= 11 is 6.03. The number of pyridine rings is 2. The van der Waals surface area contributed by atoms with Crippen molar-refractivity contribution in [2.75, 3.05) is 11.4 Å². The molecular weight excluding hydrogens is 270 g/mol. The smallest absolute Gasteiger partial charge is 0.0602 e. The third-order valence-corrected chi connectivity index (χ3v) is 3.55. The Hall–Kier alpha value is -1.61. The van der Waals surface area contributed by atoms with E-state index in [1.807, 2.05) is 32.2 Å². The van der Waals surface area contributed by atoms with Gasteiger partial charge >= 0.3 is 0 Å². The first kappa shape index (κ1) is 14.8.